The van der Waals surface area contributed by atoms with E-state index in [2.05, 4.69) is 32.7 Å². The number of hydrogen-bond donors (Lipinski definition) is 1. The zero-order valence-corrected chi connectivity index (χ0v) is 18.3. The Morgan fingerprint density at radius 3 is 2.47 bits per heavy atom. The molecule has 2 N–H and O–H groups in total. The molecule has 8 nitrogen and oxygen atoms in total. The average molecular weight is 413 g/mol. The normalized spacial score (nSPS) is 15.4. The Morgan fingerprint density at radius 1 is 1.17 bits per heavy atom. The van der Waals surface area contributed by atoms with Crippen LogP contribution in [0.15, 0.2) is 41.7 Å². The first-order valence-electron chi connectivity index (χ1n) is 10.3. The van der Waals surface area contributed by atoms with Crippen molar-refractivity contribution in [3.05, 3.63) is 53.6 Å². The molecular formula is C22H32N6O2. The van der Waals surface area contributed by atoms with E-state index in [9.17, 15) is 4.79 Å². The van der Waals surface area contributed by atoms with Crippen molar-refractivity contribution >= 4 is 12.1 Å². The molecule has 1 aromatic carbocycles. The molecule has 1 fully saturated rings. The Hall–Kier alpha value is -3.03. The highest BCUT2D eigenvalue weighted by Gasteiger charge is 2.26. The van der Waals surface area contributed by atoms with Gasteiger partial charge in [-0.3, -0.25) is 0 Å². The minimum atomic E-state index is -0.486. The van der Waals surface area contributed by atoms with Crippen LogP contribution in [0.1, 0.15) is 37.7 Å². The lowest BCUT2D eigenvalue weighted by Crippen LogP contribution is -2.53. The van der Waals surface area contributed by atoms with Gasteiger partial charge in [-0.2, -0.15) is 0 Å². The second-order valence-corrected chi connectivity index (χ2v) is 8.55. The summed E-state index contributed by atoms with van der Waals surface area (Å²) in [6, 6.07) is 8.35. The summed E-state index contributed by atoms with van der Waals surface area (Å²) < 4.78 is 7.55. The van der Waals surface area contributed by atoms with Gasteiger partial charge in [0, 0.05) is 45.1 Å². The van der Waals surface area contributed by atoms with E-state index in [1.54, 1.807) is 4.90 Å². The van der Waals surface area contributed by atoms with Gasteiger partial charge < -0.3 is 24.8 Å². The molecule has 1 aliphatic heterocycles. The molecular weight excluding hydrogens is 380 g/mol. The summed E-state index contributed by atoms with van der Waals surface area (Å²) in [5.41, 5.74) is 8.04. The molecule has 162 valence electrons. The number of aryl methyl sites for hydroxylation is 1. The number of nitrogens with two attached hydrogens (primary N) is 1. The highest BCUT2D eigenvalue weighted by atomic mass is 16.6. The third-order valence-electron chi connectivity index (χ3n) is 4.95. The minimum absolute atomic E-state index is 0.275. The lowest BCUT2D eigenvalue weighted by atomic mass is 10.1. The smallest absolute Gasteiger partial charge is 0.410 e. The van der Waals surface area contributed by atoms with Crippen LogP contribution >= 0.6 is 0 Å². The van der Waals surface area contributed by atoms with Crippen LogP contribution in [-0.2, 0) is 17.8 Å². The van der Waals surface area contributed by atoms with Crippen LogP contribution in [0.4, 0.5) is 4.79 Å². The number of rotatable bonds is 4. The van der Waals surface area contributed by atoms with Gasteiger partial charge in [0.05, 0.1) is 6.54 Å². The zero-order chi connectivity index (χ0) is 21.7. The fraction of sp³-hybridized carbons (Fsp3) is 0.500. The Labute approximate surface area is 178 Å². The molecule has 3 rings (SSSR count). The number of guanidine groups is 1. The maximum absolute atomic E-state index is 12.2. The van der Waals surface area contributed by atoms with Gasteiger partial charge in [-0.1, -0.05) is 24.3 Å². The molecule has 0 unspecified atom stereocenters. The van der Waals surface area contributed by atoms with Crippen molar-refractivity contribution in [2.45, 2.75) is 46.4 Å². The Kier molecular flexibility index (Phi) is 6.64. The van der Waals surface area contributed by atoms with Gasteiger partial charge in [0.15, 0.2) is 5.96 Å². The van der Waals surface area contributed by atoms with E-state index in [0.29, 0.717) is 38.7 Å². The predicted octanol–water partition coefficient (Wildman–Crippen LogP) is 2.61. The number of carbonyl (C=O) groups excluding carboxylic acids is 1. The SMILES string of the molecule is Cc1nccn1Cc1cccc(CN=C(N)N2CCN(C(=O)OC(C)(C)C)CC2)c1. The van der Waals surface area contributed by atoms with Gasteiger partial charge in [0.2, 0.25) is 0 Å². The number of amides is 1. The maximum atomic E-state index is 12.2. The van der Waals surface area contributed by atoms with Gasteiger partial charge in [0.1, 0.15) is 11.4 Å². The fourth-order valence-electron chi connectivity index (χ4n) is 3.31. The molecule has 0 atom stereocenters. The second kappa shape index (κ2) is 9.19. The molecule has 1 aliphatic rings. The lowest BCUT2D eigenvalue weighted by Gasteiger charge is -2.36. The summed E-state index contributed by atoms with van der Waals surface area (Å²) in [4.78, 5) is 24.8. The van der Waals surface area contributed by atoms with E-state index in [4.69, 9.17) is 10.5 Å². The van der Waals surface area contributed by atoms with Crippen molar-refractivity contribution in [3.63, 3.8) is 0 Å². The van der Waals surface area contributed by atoms with Crippen molar-refractivity contribution in [1.82, 2.24) is 19.4 Å². The van der Waals surface area contributed by atoms with Crippen molar-refractivity contribution in [2.24, 2.45) is 10.7 Å². The van der Waals surface area contributed by atoms with Crippen molar-refractivity contribution in [1.29, 1.82) is 0 Å². The van der Waals surface area contributed by atoms with Crippen LogP contribution < -0.4 is 5.73 Å². The molecule has 0 spiro atoms. The quantitative estimate of drug-likeness (QED) is 0.616. The number of hydrogen-bond acceptors (Lipinski definition) is 4. The number of benzene rings is 1. The lowest BCUT2D eigenvalue weighted by molar-refractivity contribution is 0.0186. The van der Waals surface area contributed by atoms with Crippen LogP contribution in [-0.4, -0.2) is 63.2 Å². The van der Waals surface area contributed by atoms with E-state index in [0.717, 1.165) is 17.9 Å². The largest absolute Gasteiger partial charge is 0.444 e. The number of imidazole rings is 1. The highest BCUT2D eigenvalue weighted by Crippen LogP contribution is 2.13. The van der Waals surface area contributed by atoms with Gasteiger partial charge in [-0.25, -0.2) is 14.8 Å². The molecule has 0 saturated carbocycles. The standard InChI is InChI=1S/C22H32N6O2/c1-17-24-8-9-28(17)16-19-7-5-6-18(14-19)15-25-20(23)26-10-12-27(13-11-26)21(29)30-22(2,3)4/h5-9,14H,10-13,15-16H2,1-4H3,(H2,23,25). The molecule has 0 aliphatic carbocycles. The van der Waals surface area contributed by atoms with Crippen LogP contribution in [0.2, 0.25) is 0 Å². The van der Waals surface area contributed by atoms with Crippen LogP contribution in [0.25, 0.3) is 0 Å². The Bertz CT molecular complexity index is 891. The first kappa shape index (κ1) is 21.7. The summed E-state index contributed by atoms with van der Waals surface area (Å²) in [5, 5.41) is 0. The van der Waals surface area contributed by atoms with Crippen LogP contribution in [0, 0.1) is 6.92 Å². The molecule has 1 saturated heterocycles. The molecule has 1 amide bonds. The Morgan fingerprint density at radius 2 is 1.83 bits per heavy atom. The van der Waals surface area contributed by atoms with Gasteiger partial charge in [0.25, 0.3) is 0 Å². The minimum Gasteiger partial charge on any atom is -0.444 e. The topological polar surface area (TPSA) is 89.0 Å². The molecule has 1 aromatic heterocycles. The number of aliphatic imine (C=N–C) groups is 1. The number of ether oxygens (including phenoxy) is 1. The summed E-state index contributed by atoms with van der Waals surface area (Å²) in [7, 11) is 0. The third kappa shape index (κ3) is 5.98. The third-order valence-corrected chi connectivity index (χ3v) is 4.95. The molecule has 30 heavy (non-hydrogen) atoms. The number of nitrogens with zero attached hydrogens (tertiary/aromatic N) is 5. The van der Waals surface area contributed by atoms with Gasteiger partial charge >= 0.3 is 6.09 Å². The maximum Gasteiger partial charge on any atom is 0.410 e. The van der Waals surface area contributed by atoms with Crippen LogP contribution in [0.3, 0.4) is 0 Å². The number of piperazine rings is 1. The molecule has 8 heteroatoms. The summed E-state index contributed by atoms with van der Waals surface area (Å²) in [6.07, 6.45) is 3.52. The molecule has 2 aromatic rings. The number of aromatic nitrogens is 2. The molecule has 0 bridgehead atoms. The van der Waals surface area contributed by atoms with Crippen molar-refractivity contribution in [3.8, 4) is 0 Å². The highest BCUT2D eigenvalue weighted by molar-refractivity contribution is 5.78. The number of carbonyl (C=O) groups is 1. The summed E-state index contributed by atoms with van der Waals surface area (Å²) >= 11 is 0. The van der Waals surface area contributed by atoms with E-state index < -0.39 is 5.60 Å². The second-order valence-electron chi connectivity index (χ2n) is 8.55. The average Bonchev–Trinajstić information content (AvgIpc) is 3.10. The predicted molar refractivity (Wildman–Crippen MR) is 117 cm³/mol. The fourth-order valence-corrected chi connectivity index (χ4v) is 3.31. The monoisotopic (exact) mass is 412 g/mol. The van der Waals surface area contributed by atoms with E-state index >= 15 is 0 Å². The molecule has 0 radical (unpaired) electrons. The zero-order valence-electron chi connectivity index (χ0n) is 18.3. The molecule has 2 heterocycles. The van der Waals surface area contributed by atoms with Gasteiger partial charge in [-0.05, 0) is 38.8 Å². The van der Waals surface area contributed by atoms with Gasteiger partial charge in [-0.15, -0.1) is 0 Å². The first-order chi connectivity index (χ1) is 14.2. The van der Waals surface area contributed by atoms with E-state index in [1.807, 2.05) is 51.1 Å². The van der Waals surface area contributed by atoms with Crippen LogP contribution in [0.5, 0.6) is 0 Å². The summed E-state index contributed by atoms with van der Waals surface area (Å²) in [6.45, 7) is 11.4. The first-order valence-corrected chi connectivity index (χ1v) is 10.3. The van der Waals surface area contributed by atoms with E-state index in [-0.39, 0.29) is 6.09 Å². The summed E-state index contributed by atoms with van der Waals surface area (Å²) in [5.74, 6) is 1.50. The van der Waals surface area contributed by atoms with Crippen molar-refractivity contribution in [2.75, 3.05) is 26.2 Å². The van der Waals surface area contributed by atoms with E-state index in [1.165, 1.54) is 5.56 Å². The van der Waals surface area contributed by atoms with Crippen molar-refractivity contribution < 1.29 is 9.53 Å². The Balaban J connectivity index is 1.53.